The fraction of sp³-hybridized carbons (Fsp3) is 0.565. The largest absolute Gasteiger partial charge is 0.344 e. The van der Waals surface area contributed by atoms with Crippen molar-refractivity contribution in [1.29, 1.82) is 0 Å². The van der Waals surface area contributed by atoms with Crippen LogP contribution in [0.2, 0.25) is 0 Å². The molecule has 2 aliphatic heterocycles. The molecule has 0 spiro atoms. The van der Waals surface area contributed by atoms with Crippen molar-refractivity contribution < 1.29 is 14.4 Å². The average molecular weight is 413 g/mol. The SMILES string of the molecule is CCC(NC(=O)C(C)(C)C)C(=O)N1CCC2=NN(C)C(=O)C2(Cc2ccccc2)C1. The molecule has 7 nitrogen and oxygen atoms in total. The van der Waals surface area contributed by atoms with E-state index in [0.717, 1.165) is 11.3 Å². The van der Waals surface area contributed by atoms with Crippen molar-refractivity contribution in [2.24, 2.45) is 15.9 Å². The van der Waals surface area contributed by atoms with Crippen LogP contribution in [0.25, 0.3) is 0 Å². The summed E-state index contributed by atoms with van der Waals surface area (Å²) in [4.78, 5) is 40.7. The predicted octanol–water partition coefficient (Wildman–Crippen LogP) is 2.22. The summed E-state index contributed by atoms with van der Waals surface area (Å²) in [5.74, 6) is -0.368. The van der Waals surface area contributed by atoms with E-state index in [-0.39, 0.29) is 24.3 Å². The van der Waals surface area contributed by atoms with Gasteiger partial charge >= 0.3 is 0 Å². The summed E-state index contributed by atoms with van der Waals surface area (Å²) in [6.45, 7) is 8.14. The van der Waals surface area contributed by atoms with Crippen LogP contribution in [0.15, 0.2) is 35.4 Å². The quantitative estimate of drug-likeness (QED) is 0.805. The highest BCUT2D eigenvalue weighted by molar-refractivity contribution is 6.13. The van der Waals surface area contributed by atoms with Crippen molar-refractivity contribution in [2.45, 2.75) is 53.0 Å². The van der Waals surface area contributed by atoms with Crippen molar-refractivity contribution in [3.63, 3.8) is 0 Å². The highest BCUT2D eigenvalue weighted by Gasteiger charge is 2.53. The van der Waals surface area contributed by atoms with Gasteiger partial charge in [-0.15, -0.1) is 0 Å². The Bertz CT molecular complexity index is 859. The summed E-state index contributed by atoms with van der Waals surface area (Å²) in [7, 11) is 1.67. The predicted molar refractivity (Wildman–Crippen MR) is 116 cm³/mol. The lowest BCUT2D eigenvalue weighted by atomic mass is 9.73. The van der Waals surface area contributed by atoms with E-state index >= 15 is 0 Å². The van der Waals surface area contributed by atoms with E-state index in [9.17, 15) is 14.4 Å². The van der Waals surface area contributed by atoms with Gasteiger partial charge < -0.3 is 10.2 Å². The maximum absolute atomic E-state index is 13.3. The first-order chi connectivity index (χ1) is 14.1. The molecule has 0 saturated carbocycles. The standard InChI is InChI=1S/C23H32N4O3/c1-6-17(24-20(29)22(2,3)4)19(28)27-13-12-18-23(15-27,21(30)26(5)25-18)14-16-10-8-7-9-11-16/h7-11,17H,6,12-15H2,1-5H3,(H,24,29). The number of hydrazone groups is 1. The van der Waals surface area contributed by atoms with Crippen molar-refractivity contribution in [3.8, 4) is 0 Å². The maximum Gasteiger partial charge on any atom is 0.256 e. The first-order valence-corrected chi connectivity index (χ1v) is 10.6. The van der Waals surface area contributed by atoms with Gasteiger partial charge in [-0.25, -0.2) is 5.01 Å². The van der Waals surface area contributed by atoms with Gasteiger partial charge in [0.05, 0.1) is 5.71 Å². The van der Waals surface area contributed by atoms with Crippen LogP contribution in [-0.4, -0.2) is 59.5 Å². The molecule has 0 aliphatic carbocycles. The maximum atomic E-state index is 13.3. The lowest BCUT2D eigenvalue weighted by Gasteiger charge is -2.40. The fourth-order valence-corrected chi connectivity index (χ4v) is 4.15. The normalized spacial score (nSPS) is 22.4. The molecule has 7 heteroatoms. The number of carbonyl (C=O) groups excluding carboxylic acids is 3. The number of rotatable bonds is 5. The molecule has 2 aliphatic rings. The number of amides is 3. The Morgan fingerprint density at radius 2 is 1.90 bits per heavy atom. The number of carbonyl (C=O) groups is 3. The van der Waals surface area contributed by atoms with Gasteiger partial charge in [-0.1, -0.05) is 58.0 Å². The molecule has 1 saturated heterocycles. The number of likely N-dealkylation sites (tertiary alicyclic amines) is 1. The monoisotopic (exact) mass is 412 g/mol. The lowest BCUT2D eigenvalue weighted by molar-refractivity contribution is -0.143. The second-order valence-electron chi connectivity index (χ2n) is 9.31. The highest BCUT2D eigenvalue weighted by atomic mass is 16.2. The first kappa shape index (κ1) is 22.0. The van der Waals surface area contributed by atoms with E-state index in [1.165, 1.54) is 5.01 Å². The molecule has 2 atom stereocenters. The van der Waals surface area contributed by atoms with E-state index in [0.29, 0.717) is 25.8 Å². The Morgan fingerprint density at radius 1 is 1.23 bits per heavy atom. The third-order valence-electron chi connectivity index (χ3n) is 5.96. The molecule has 162 valence electrons. The Hall–Kier alpha value is -2.70. The van der Waals surface area contributed by atoms with E-state index < -0.39 is 16.9 Å². The highest BCUT2D eigenvalue weighted by Crippen LogP contribution is 2.38. The summed E-state index contributed by atoms with van der Waals surface area (Å²) in [6, 6.07) is 9.24. The Morgan fingerprint density at radius 3 is 2.50 bits per heavy atom. The smallest absolute Gasteiger partial charge is 0.256 e. The van der Waals surface area contributed by atoms with E-state index in [1.54, 1.807) is 11.9 Å². The number of benzene rings is 1. The van der Waals surface area contributed by atoms with Crippen LogP contribution < -0.4 is 5.32 Å². The first-order valence-electron chi connectivity index (χ1n) is 10.6. The van der Waals surface area contributed by atoms with Gasteiger partial charge in [-0.05, 0) is 18.4 Å². The van der Waals surface area contributed by atoms with E-state index in [4.69, 9.17) is 0 Å². The van der Waals surface area contributed by atoms with Gasteiger partial charge in [0, 0.05) is 32.0 Å². The van der Waals surface area contributed by atoms with Crippen molar-refractivity contribution in [1.82, 2.24) is 15.2 Å². The van der Waals surface area contributed by atoms with Crippen LogP contribution in [0.4, 0.5) is 0 Å². The molecule has 3 rings (SSSR count). The minimum atomic E-state index is -0.837. The Kier molecular flexibility index (Phi) is 6.01. The van der Waals surface area contributed by atoms with Crippen molar-refractivity contribution >= 4 is 23.4 Å². The minimum Gasteiger partial charge on any atom is -0.344 e. The van der Waals surface area contributed by atoms with E-state index in [1.807, 2.05) is 58.0 Å². The van der Waals surface area contributed by atoms with Gasteiger partial charge in [-0.3, -0.25) is 14.4 Å². The molecule has 3 amide bonds. The molecule has 1 N–H and O–H groups in total. The molecule has 0 radical (unpaired) electrons. The van der Waals surface area contributed by atoms with E-state index in [2.05, 4.69) is 10.4 Å². The topological polar surface area (TPSA) is 82.1 Å². The van der Waals surface area contributed by atoms with Crippen LogP contribution in [0.1, 0.15) is 46.1 Å². The van der Waals surface area contributed by atoms with Crippen molar-refractivity contribution in [2.75, 3.05) is 20.1 Å². The number of hydrogen-bond acceptors (Lipinski definition) is 4. The summed E-state index contributed by atoms with van der Waals surface area (Å²) in [5, 5.41) is 8.79. The summed E-state index contributed by atoms with van der Waals surface area (Å²) >= 11 is 0. The molecule has 2 unspecified atom stereocenters. The van der Waals surface area contributed by atoms with Crippen LogP contribution in [0, 0.1) is 10.8 Å². The zero-order valence-corrected chi connectivity index (χ0v) is 18.6. The number of nitrogens with zero attached hydrogens (tertiary/aromatic N) is 3. The molecule has 1 aromatic carbocycles. The molecular weight excluding hydrogens is 380 g/mol. The number of nitrogens with one attached hydrogen (secondary N) is 1. The third kappa shape index (κ3) is 4.11. The summed E-state index contributed by atoms with van der Waals surface area (Å²) in [6.07, 6.45) is 1.56. The van der Waals surface area contributed by atoms with Gasteiger partial charge in [0.1, 0.15) is 11.5 Å². The number of fused-ring (bicyclic) bond motifs is 1. The third-order valence-corrected chi connectivity index (χ3v) is 5.96. The molecule has 30 heavy (non-hydrogen) atoms. The summed E-state index contributed by atoms with van der Waals surface area (Å²) in [5.41, 5.74) is 0.468. The molecule has 1 fully saturated rings. The molecule has 0 aromatic heterocycles. The molecular formula is C23H32N4O3. The molecule has 0 bridgehead atoms. The van der Waals surface area contributed by atoms with Gasteiger partial charge in [0.2, 0.25) is 11.8 Å². The van der Waals surface area contributed by atoms with Gasteiger partial charge in [-0.2, -0.15) is 5.10 Å². The van der Waals surface area contributed by atoms with Gasteiger partial charge in [0.25, 0.3) is 5.91 Å². The second kappa shape index (κ2) is 8.20. The zero-order valence-electron chi connectivity index (χ0n) is 18.6. The van der Waals surface area contributed by atoms with Gasteiger partial charge in [0.15, 0.2) is 0 Å². The lowest BCUT2D eigenvalue weighted by Crippen LogP contribution is -2.59. The van der Waals surface area contributed by atoms with Crippen LogP contribution in [-0.2, 0) is 20.8 Å². The molecule has 1 aromatic rings. The second-order valence-corrected chi connectivity index (χ2v) is 9.31. The fourth-order valence-electron chi connectivity index (χ4n) is 4.15. The zero-order chi connectivity index (χ0) is 22.1. The number of piperidine rings is 1. The Balaban J connectivity index is 1.84. The van der Waals surface area contributed by atoms with Crippen LogP contribution in [0.3, 0.4) is 0 Å². The Labute approximate surface area is 178 Å². The van der Waals surface area contributed by atoms with Crippen LogP contribution in [0.5, 0.6) is 0 Å². The minimum absolute atomic E-state index is 0.0781. The number of hydrogen-bond donors (Lipinski definition) is 1. The molecule has 2 heterocycles. The van der Waals surface area contributed by atoms with Crippen LogP contribution >= 0.6 is 0 Å². The van der Waals surface area contributed by atoms with Crippen molar-refractivity contribution in [3.05, 3.63) is 35.9 Å². The average Bonchev–Trinajstić information content (AvgIpc) is 2.95. The summed E-state index contributed by atoms with van der Waals surface area (Å²) < 4.78 is 0.